The van der Waals surface area contributed by atoms with Crippen LogP contribution in [0.3, 0.4) is 0 Å². The van der Waals surface area contributed by atoms with E-state index in [0.717, 1.165) is 6.07 Å². The zero-order valence-electron chi connectivity index (χ0n) is 14.3. The van der Waals surface area contributed by atoms with Crippen LogP contribution in [0.1, 0.15) is 0 Å². The first kappa shape index (κ1) is 17.6. The summed E-state index contributed by atoms with van der Waals surface area (Å²) in [5.41, 5.74) is 0.635. The van der Waals surface area contributed by atoms with E-state index in [1.807, 2.05) is 17.0 Å². The SMILES string of the molecule is O=S(=O)(c1cccc(F)c1)N1CCN(c2ccc(-c3ccco3)nn2)CC1. The Morgan fingerprint density at radius 2 is 1.78 bits per heavy atom. The average Bonchev–Trinajstić information content (AvgIpc) is 3.23. The van der Waals surface area contributed by atoms with Gasteiger partial charge in [-0.15, -0.1) is 10.2 Å². The Balaban J connectivity index is 1.44. The minimum Gasteiger partial charge on any atom is -0.463 e. The second-order valence-electron chi connectivity index (χ2n) is 6.10. The van der Waals surface area contributed by atoms with Crippen LogP contribution in [0.4, 0.5) is 10.2 Å². The standard InChI is InChI=1S/C18H17FN4O3S/c19-14-3-1-4-15(13-14)27(24,25)23-10-8-22(9-11-23)18-7-6-16(20-21-18)17-5-2-12-26-17/h1-7,12-13H,8-11H2. The van der Waals surface area contributed by atoms with Gasteiger partial charge in [-0.3, -0.25) is 0 Å². The summed E-state index contributed by atoms with van der Waals surface area (Å²) in [5.74, 6) is 0.745. The predicted octanol–water partition coefficient (Wildman–Crippen LogP) is 2.39. The van der Waals surface area contributed by atoms with Gasteiger partial charge in [0.2, 0.25) is 10.0 Å². The molecule has 0 amide bonds. The number of rotatable bonds is 4. The van der Waals surface area contributed by atoms with E-state index >= 15 is 0 Å². The Morgan fingerprint density at radius 1 is 0.963 bits per heavy atom. The predicted molar refractivity (Wildman–Crippen MR) is 97.1 cm³/mol. The van der Waals surface area contributed by atoms with E-state index in [9.17, 15) is 12.8 Å². The Hall–Kier alpha value is -2.78. The van der Waals surface area contributed by atoms with E-state index in [2.05, 4.69) is 10.2 Å². The first-order valence-corrected chi connectivity index (χ1v) is 9.86. The van der Waals surface area contributed by atoms with E-state index in [-0.39, 0.29) is 4.90 Å². The molecule has 0 bridgehead atoms. The molecule has 1 aliphatic heterocycles. The molecule has 27 heavy (non-hydrogen) atoms. The Labute approximate surface area is 156 Å². The third kappa shape index (κ3) is 3.56. The normalized spacial score (nSPS) is 15.8. The van der Waals surface area contributed by atoms with E-state index in [1.165, 1.54) is 22.5 Å². The lowest BCUT2D eigenvalue weighted by Crippen LogP contribution is -2.49. The van der Waals surface area contributed by atoms with Crippen LogP contribution in [0.5, 0.6) is 0 Å². The van der Waals surface area contributed by atoms with Crippen molar-refractivity contribution in [2.45, 2.75) is 4.90 Å². The van der Waals surface area contributed by atoms with Gasteiger partial charge in [0.05, 0.1) is 11.2 Å². The van der Waals surface area contributed by atoms with Gasteiger partial charge in [0, 0.05) is 26.2 Å². The highest BCUT2D eigenvalue weighted by molar-refractivity contribution is 7.89. The summed E-state index contributed by atoms with van der Waals surface area (Å²) in [5, 5.41) is 8.38. The second kappa shape index (κ2) is 7.09. The van der Waals surface area contributed by atoms with Gasteiger partial charge in [-0.1, -0.05) is 6.07 Å². The summed E-state index contributed by atoms with van der Waals surface area (Å²) < 4.78 is 45.3. The van der Waals surface area contributed by atoms with Gasteiger partial charge in [0.15, 0.2) is 11.6 Å². The molecule has 3 heterocycles. The maximum atomic E-state index is 13.4. The van der Waals surface area contributed by atoms with E-state index in [4.69, 9.17) is 4.42 Å². The topological polar surface area (TPSA) is 79.5 Å². The number of anilines is 1. The quantitative estimate of drug-likeness (QED) is 0.683. The number of hydrogen-bond acceptors (Lipinski definition) is 6. The van der Waals surface area contributed by atoms with Gasteiger partial charge in [0.1, 0.15) is 11.5 Å². The minimum absolute atomic E-state index is 0.0291. The number of halogens is 1. The molecule has 2 aromatic heterocycles. The Morgan fingerprint density at radius 3 is 2.41 bits per heavy atom. The number of aromatic nitrogens is 2. The fraction of sp³-hybridized carbons (Fsp3) is 0.222. The van der Waals surface area contributed by atoms with Crippen LogP contribution in [-0.2, 0) is 10.0 Å². The molecule has 3 aromatic rings. The number of furan rings is 1. The van der Waals surface area contributed by atoms with Gasteiger partial charge >= 0.3 is 0 Å². The van der Waals surface area contributed by atoms with Gasteiger partial charge in [-0.2, -0.15) is 4.31 Å². The Bertz CT molecular complexity index is 1020. The maximum absolute atomic E-state index is 13.4. The van der Waals surface area contributed by atoms with Gasteiger partial charge in [0.25, 0.3) is 0 Å². The highest BCUT2D eigenvalue weighted by Gasteiger charge is 2.29. The van der Waals surface area contributed by atoms with Crippen molar-refractivity contribution in [1.29, 1.82) is 0 Å². The maximum Gasteiger partial charge on any atom is 0.243 e. The van der Waals surface area contributed by atoms with Crippen molar-refractivity contribution in [3.05, 3.63) is 60.6 Å². The lowest BCUT2D eigenvalue weighted by atomic mass is 10.3. The number of benzene rings is 1. The number of nitrogens with zero attached hydrogens (tertiary/aromatic N) is 4. The molecule has 0 saturated carbocycles. The van der Waals surface area contributed by atoms with E-state index in [1.54, 1.807) is 18.4 Å². The number of sulfonamides is 1. The summed E-state index contributed by atoms with van der Waals surface area (Å²) >= 11 is 0. The van der Waals surface area contributed by atoms with Crippen LogP contribution in [-0.4, -0.2) is 49.1 Å². The van der Waals surface area contributed by atoms with Crippen molar-refractivity contribution < 1.29 is 17.2 Å². The fourth-order valence-corrected chi connectivity index (χ4v) is 4.44. The van der Waals surface area contributed by atoms with Crippen LogP contribution >= 0.6 is 0 Å². The number of piperazine rings is 1. The third-order valence-corrected chi connectivity index (χ3v) is 6.32. The van der Waals surface area contributed by atoms with Crippen LogP contribution in [0, 0.1) is 5.82 Å². The van der Waals surface area contributed by atoms with Crippen LogP contribution in [0.2, 0.25) is 0 Å². The van der Waals surface area contributed by atoms with Crippen molar-refractivity contribution in [2.24, 2.45) is 0 Å². The van der Waals surface area contributed by atoms with Crippen molar-refractivity contribution in [2.75, 3.05) is 31.1 Å². The molecule has 0 unspecified atom stereocenters. The molecule has 1 saturated heterocycles. The van der Waals surface area contributed by atoms with Crippen molar-refractivity contribution in [3.63, 3.8) is 0 Å². The molecule has 0 radical (unpaired) electrons. The molecular weight excluding hydrogens is 371 g/mol. The average molecular weight is 388 g/mol. The lowest BCUT2D eigenvalue weighted by Gasteiger charge is -2.34. The molecule has 0 aliphatic carbocycles. The molecule has 4 rings (SSSR count). The van der Waals surface area contributed by atoms with Gasteiger partial charge < -0.3 is 9.32 Å². The molecular formula is C18H17FN4O3S. The molecule has 7 nitrogen and oxygen atoms in total. The van der Waals surface area contributed by atoms with Crippen molar-refractivity contribution >= 4 is 15.8 Å². The summed E-state index contributed by atoms with van der Waals surface area (Å²) in [4.78, 5) is 1.94. The first-order chi connectivity index (χ1) is 13.0. The minimum atomic E-state index is -3.71. The largest absolute Gasteiger partial charge is 0.463 e. The molecule has 1 aliphatic rings. The van der Waals surface area contributed by atoms with E-state index < -0.39 is 15.8 Å². The summed E-state index contributed by atoms with van der Waals surface area (Å²) in [6, 6.07) is 12.3. The highest BCUT2D eigenvalue weighted by Crippen LogP contribution is 2.22. The second-order valence-corrected chi connectivity index (χ2v) is 8.04. The third-order valence-electron chi connectivity index (χ3n) is 4.42. The zero-order valence-corrected chi connectivity index (χ0v) is 15.1. The zero-order chi connectivity index (χ0) is 18.9. The summed E-state index contributed by atoms with van der Waals surface area (Å²) in [6.07, 6.45) is 1.57. The fourth-order valence-electron chi connectivity index (χ4n) is 2.98. The smallest absolute Gasteiger partial charge is 0.243 e. The van der Waals surface area contributed by atoms with Gasteiger partial charge in [-0.05, 0) is 42.5 Å². The molecule has 0 atom stereocenters. The van der Waals surface area contributed by atoms with Crippen molar-refractivity contribution in [1.82, 2.24) is 14.5 Å². The first-order valence-electron chi connectivity index (χ1n) is 8.42. The van der Waals surface area contributed by atoms with E-state index in [0.29, 0.717) is 43.5 Å². The van der Waals surface area contributed by atoms with Crippen LogP contribution < -0.4 is 4.90 Å². The summed E-state index contributed by atoms with van der Waals surface area (Å²) in [6.45, 7) is 1.54. The monoisotopic (exact) mass is 388 g/mol. The van der Waals surface area contributed by atoms with Crippen molar-refractivity contribution in [3.8, 4) is 11.5 Å². The molecule has 140 valence electrons. The lowest BCUT2D eigenvalue weighted by molar-refractivity contribution is 0.383. The number of hydrogen-bond donors (Lipinski definition) is 0. The summed E-state index contributed by atoms with van der Waals surface area (Å²) in [7, 11) is -3.71. The highest BCUT2D eigenvalue weighted by atomic mass is 32.2. The molecule has 9 heteroatoms. The Kier molecular flexibility index (Phi) is 4.63. The van der Waals surface area contributed by atoms with Gasteiger partial charge in [-0.25, -0.2) is 12.8 Å². The molecule has 0 spiro atoms. The molecule has 1 aromatic carbocycles. The molecule has 1 fully saturated rings. The van der Waals surface area contributed by atoms with Crippen LogP contribution in [0.25, 0.3) is 11.5 Å². The molecule has 0 N–H and O–H groups in total. The van der Waals surface area contributed by atoms with Crippen LogP contribution in [0.15, 0.2) is 64.1 Å².